The molecule has 3 N–H and O–H groups in total. The number of aromatic nitrogens is 2. The summed E-state index contributed by atoms with van der Waals surface area (Å²) in [6.07, 6.45) is 3.23. The molecule has 6 nitrogen and oxygen atoms in total. The summed E-state index contributed by atoms with van der Waals surface area (Å²) < 4.78 is 11.1. The molecule has 0 spiro atoms. The van der Waals surface area contributed by atoms with E-state index in [1.165, 1.54) is 6.33 Å². The van der Waals surface area contributed by atoms with Gasteiger partial charge in [-0.25, -0.2) is 9.97 Å². The summed E-state index contributed by atoms with van der Waals surface area (Å²) in [6.45, 7) is 0.373. The van der Waals surface area contributed by atoms with Crippen LogP contribution in [0, 0.1) is 0 Å². The number of methoxy groups -OCH3 is 2. The topological polar surface area (TPSA) is 82.3 Å². The Balaban J connectivity index is 2.01. The fraction of sp³-hybridized carbons (Fsp3) is 0.120. The van der Waals surface area contributed by atoms with Crippen LogP contribution in [0.1, 0.15) is 5.56 Å². The van der Waals surface area contributed by atoms with Crippen LogP contribution in [0.15, 0.2) is 79.3 Å². The van der Waals surface area contributed by atoms with E-state index < -0.39 is 0 Å². The lowest BCUT2D eigenvalue weighted by Crippen LogP contribution is -2.06. The highest BCUT2D eigenvalue weighted by molar-refractivity contribution is 5.95. The van der Waals surface area contributed by atoms with Crippen LogP contribution in [-0.2, 0) is 6.54 Å². The Morgan fingerprint density at radius 2 is 1.71 bits per heavy atom. The molecule has 156 valence electrons. The van der Waals surface area contributed by atoms with E-state index >= 15 is 0 Å². The van der Waals surface area contributed by atoms with Gasteiger partial charge in [0.05, 0.1) is 19.9 Å². The van der Waals surface area contributed by atoms with Crippen molar-refractivity contribution in [3.8, 4) is 33.8 Å². The van der Waals surface area contributed by atoms with Gasteiger partial charge in [-0.3, -0.25) is 0 Å². The second-order valence-electron chi connectivity index (χ2n) is 6.88. The number of ether oxygens (including phenoxy) is 2. The summed E-state index contributed by atoms with van der Waals surface area (Å²) in [5.74, 6) is 2.11. The second kappa shape index (κ2) is 9.28. The van der Waals surface area contributed by atoms with Crippen molar-refractivity contribution in [1.82, 2.24) is 9.97 Å². The summed E-state index contributed by atoms with van der Waals surface area (Å²) in [6, 6.07) is 22.0. The summed E-state index contributed by atoms with van der Waals surface area (Å²) in [5.41, 5.74) is 12.0. The Morgan fingerprint density at radius 1 is 0.903 bits per heavy atom. The number of hydrogen-bond acceptors (Lipinski definition) is 6. The molecule has 6 heteroatoms. The minimum absolute atomic E-state index is 0.373. The van der Waals surface area contributed by atoms with Crippen molar-refractivity contribution in [3.05, 3.63) is 84.8 Å². The quantitative estimate of drug-likeness (QED) is 0.443. The minimum atomic E-state index is 0.373. The van der Waals surface area contributed by atoms with Crippen molar-refractivity contribution in [3.63, 3.8) is 0 Å². The Hall–Kier alpha value is -3.90. The highest BCUT2D eigenvalue weighted by Crippen LogP contribution is 2.44. The van der Waals surface area contributed by atoms with Crippen molar-refractivity contribution in [2.75, 3.05) is 19.5 Å². The molecule has 0 fully saturated rings. The third-order valence-corrected chi connectivity index (χ3v) is 5.11. The molecule has 0 aliphatic heterocycles. The highest BCUT2D eigenvalue weighted by Gasteiger charge is 2.20. The second-order valence-corrected chi connectivity index (χ2v) is 6.88. The van der Waals surface area contributed by atoms with Crippen LogP contribution in [0.3, 0.4) is 0 Å². The lowest BCUT2D eigenvalue weighted by Gasteiger charge is -2.21. The largest absolute Gasteiger partial charge is 0.497 e. The van der Waals surface area contributed by atoms with Gasteiger partial charge in [-0.1, -0.05) is 42.5 Å². The van der Waals surface area contributed by atoms with Gasteiger partial charge in [-0.05, 0) is 29.3 Å². The van der Waals surface area contributed by atoms with Crippen molar-refractivity contribution in [2.24, 2.45) is 5.73 Å². The third kappa shape index (κ3) is 4.20. The highest BCUT2D eigenvalue weighted by atomic mass is 16.5. The zero-order valence-corrected chi connectivity index (χ0v) is 17.5. The van der Waals surface area contributed by atoms with Gasteiger partial charge in [0.1, 0.15) is 23.6 Å². The van der Waals surface area contributed by atoms with Gasteiger partial charge in [0.2, 0.25) is 0 Å². The number of benzene rings is 3. The lowest BCUT2D eigenvalue weighted by molar-refractivity contribution is 0.395. The molecule has 0 aliphatic carbocycles. The zero-order chi connectivity index (χ0) is 21.6. The van der Waals surface area contributed by atoms with Gasteiger partial charge in [0.15, 0.2) is 0 Å². The molecule has 0 atom stereocenters. The number of hydrogen-bond donors (Lipinski definition) is 2. The molecule has 0 saturated heterocycles. The van der Waals surface area contributed by atoms with E-state index in [9.17, 15) is 0 Å². The summed E-state index contributed by atoms with van der Waals surface area (Å²) in [7, 11) is 3.29. The van der Waals surface area contributed by atoms with Crippen molar-refractivity contribution < 1.29 is 9.47 Å². The van der Waals surface area contributed by atoms with Crippen LogP contribution in [0.2, 0.25) is 0 Å². The fourth-order valence-corrected chi connectivity index (χ4v) is 3.61. The molecule has 0 saturated carbocycles. The van der Waals surface area contributed by atoms with Gasteiger partial charge in [-0.15, -0.1) is 0 Å². The Morgan fingerprint density at radius 3 is 2.39 bits per heavy atom. The molecule has 4 aromatic rings. The first-order chi connectivity index (χ1) is 15.2. The molecule has 31 heavy (non-hydrogen) atoms. The number of nitrogens with one attached hydrogen (secondary N) is 1. The molecule has 1 aromatic heterocycles. The summed E-state index contributed by atoms with van der Waals surface area (Å²) >= 11 is 0. The minimum Gasteiger partial charge on any atom is -0.497 e. The average Bonchev–Trinajstić information content (AvgIpc) is 2.84. The molecule has 0 amide bonds. The van der Waals surface area contributed by atoms with Crippen LogP contribution >= 0.6 is 0 Å². The van der Waals surface area contributed by atoms with Crippen LogP contribution in [0.4, 0.5) is 11.5 Å². The number of anilines is 2. The Labute approximate surface area is 181 Å². The van der Waals surface area contributed by atoms with Crippen LogP contribution < -0.4 is 20.5 Å². The van der Waals surface area contributed by atoms with E-state index in [2.05, 4.69) is 39.6 Å². The van der Waals surface area contributed by atoms with Gasteiger partial charge in [0.25, 0.3) is 0 Å². The average molecular weight is 412 g/mol. The number of nitrogens with two attached hydrogens (primary N) is 1. The first-order valence-corrected chi connectivity index (χ1v) is 9.92. The third-order valence-electron chi connectivity index (χ3n) is 5.11. The van der Waals surface area contributed by atoms with Crippen molar-refractivity contribution >= 4 is 11.5 Å². The maximum absolute atomic E-state index is 6.17. The van der Waals surface area contributed by atoms with Crippen molar-refractivity contribution in [2.45, 2.75) is 6.54 Å². The maximum Gasteiger partial charge on any atom is 0.133 e. The Kier molecular flexibility index (Phi) is 6.10. The van der Waals surface area contributed by atoms with Gasteiger partial charge in [0, 0.05) is 35.5 Å². The standard InChI is InChI=1S/C25H24N4O2/c1-30-19-9-11-21(22(14-19)31-2)24-18(15-26)8-10-20(17-6-4-3-5-7-17)25(24)29-23-12-13-27-16-28-23/h3-14,16H,15,26H2,1-2H3,(H,27,28,29). The van der Waals surface area contributed by atoms with E-state index in [0.717, 1.165) is 39.3 Å². The molecule has 0 unspecified atom stereocenters. The van der Waals surface area contributed by atoms with Crippen LogP contribution in [-0.4, -0.2) is 24.2 Å². The SMILES string of the molecule is COc1ccc(-c2c(CN)ccc(-c3ccccc3)c2Nc2ccncn2)c(OC)c1. The van der Waals surface area contributed by atoms with Crippen LogP contribution in [0.5, 0.6) is 11.5 Å². The summed E-state index contributed by atoms with van der Waals surface area (Å²) in [5, 5.41) is 3.50. The first-order valence-electron chi connectivity index (χ1n) is 9.92. The predicted octanol–water partition coefficient (Wildman–Crippen LogP) is 5.03. The molecule has 4 rings (SSSR count). The van der Waals surface area contributed by atoms with E-state index in [-0.39, 0.29) is 0 Å². The first kappa shape index (κ1) is 20.4. The van der Waals surface area contributed by atoms with Gasteiger partial charge < -0.3 is 20.5 Å². The normalized spacial score (nSPS) is 10.5. The number of rotatable bonds is 7. The van der Waals surface area contributed by atoms with Gasteiger partial charge >= 0.3 is 0 Å². The molecule has 1 heterocycles. The predicted molar refractivity (Wildman–Crippen MR) is 124 cm³/mol. The molecule has 3 aromatic carbocycles. The van der Waals surface area contributed by atoms with E-state index in [1.54, 1.807) is 20.4 Å². The molecular weight excluding hydrogens is 388 g/mol. The molecule has 0 bridgehead atoms. The van der Waals surface area contributed by atoms with E-state index in [1.807, 2.05) is 42.5 Å². The van der Waals surface area contributed by atoms with E-state index in [0.29, 0.717) is 18.1 Å². The molecule has 0 radical (unpaired) electrons. The summed E-state index contributed by atoms with van der Waals surface area (Å²) in [4.78, 5) is 8.39. The zero-order valence-electron chi connectivity index (χ0n) is 17.5. The lowest BCUT2D eigenvalue weighted by atomic mass is 9.91. The Bertz CT molecular complexity index is 1170. The smallest absolute Gasteiger partial charge is 0.133 e. The maximum atomic E-state index is 6.17. The van der Waals surface area contributed by atoms with Gasteiger partial charge in [-0.2, -0.15) is 0 Å². The van der Waals surface area contributed by atoms with Crippen LogP contribution in [0.25, 0.3) is 22.3 Å². The monoisotopic (exact) mass is 412 g/mol. The molecular formula is C25H24N4O2. The molecule has 0 aliphatic rings. The number of nitrogens with zero attached hydrogens (tertiary/aromatic N) is 2. The fourth-order valence-electron chi connectivity index (χ4n) is 3.61. The van der Waals surface area contributed by atoms with E-state index in [4.69, 9.17) is 15.2 Å². The van der Waals surface area contributed by atoms with Crippen molar-refractivity contribution in [1.29, 1.82) is 0 Å².